The first-order valence-corrected chi connectivity index (χ1v) is 7.45. The van der Waals surface area contributed by atoms with Crippen molar-refractivity contribution in [2.45, 2.75) is 12.2 Å². The third-order valence-electron chi connectivity index (χ3n) is 3.63. The molecule has 2 aromatic carbocycles. The van der Waals surface area contributed by atoms with E-state index in [1.165, 1.54) is 21.3 Å². The Balaban J connectivity index is 2.24. The third-order valence-corrected chi connectivity index (χ3v) is 3.63. The van der Waals surface area contributed by atoms with Crippen molar-refractivity contribution in [1.29, 1.82) is 0 Å². The zero-order chi connectivity index (χ0) is 17.5. The summed E-state index contributed by atoms with van der Waals surface area (Å²) in [7, 11) is 4.58. The lowest BCUT2D eigenvalue weighted by molar-refractivity contribution is -0.000514. The maximum atomic E-state index is 10.6. The molecule has 6 nitrogen and oxygen atoms in total. The minimum absolute atomic E-state index is 0.368. The highest BCUT2D eigenvalue weighted by Gasteiger charge is 2.24. The number of ether oxygens (including phenoxy) is 4. The van der Waals surface area contributed by atoms with E-state index in [0.29, 0.717) is 28.6 Å². The van der Waals surface area contributed by atoms with Crippen molar-refractivity contribution in [2.75, 3.05) is 27.9 Å². The molecule has 0 radical (unpaired) electrons. The predicted octanol–water partition coefficient (Wildman–Crippen LogP) is 2.19. The van der Waals surface area contributed by atoms with Gasteiger partial charge in [-0.3, -0.25) is 0 Å². The van der Waals surface area contributed by atoms with E-state index in [-0.39, 0.29) is 6.61 Å². The summed E-state index contributed by atoms with van der Waals surface area (Å²) in [5, 5.41) is 20.2. The van der Waals surface area contributed by atoms with E-state index in [1.54, 1.807) is 36.4 Å². The summed E-state index contributed by atoms with van der Waals surface area (Å²) >= 11 is 0. The maximum Gasteiger partial charge on any atom is 0.161 e. The van der Waals surface area contributed by atoms with Crippen LogP contribution in [0.3, 0.4) is 0 Å². The van der Waals surface area contributed by atoms with Crippen LogP contribution >= 0.6 is 0 Å². The fourth-order valence-electron chi connectivity index (χ4n) is 2.33. The van der Waals surface area contributed by atoms with Gasteiger partial charge >= 0.3 is 0 Å². The second kappa shape index (κ2) is 8.42. The zero-order valence-corrected chi connectivity index (χ0v) is 13.9. The highest BCUT2D eigenvalue weighted by Crippen LogP contribution is 2.33. The Kier molecular flexibility index (Phi) is 6.28. The molecule has 0 aromatic heterocycles. The third kappa shape index (κ3) is 3.90. The van der Waals surface area contributed by atoms with Gasteiger partial charge in [-0.25, -0.2) is 0 Å². The molecule has 0 aliphatic rings. The van der Waals surface area contributed by atoms with Crippen LogP contribution in [0.1, 0.15) is 11.7 Å². The molecule has 0 saturated carbocycles. The van der Waals surface area contributed by atoms with E-state index < -0.39 is 12.2 Å². The normalized spacial score (nSPS) is 13.0. The average molecular weight is 334 g/mol. The van der Waals surface area contributed by atoms with Crippen LogP contribution in [-0.4, -0.2) is 44.3 Å². The van der Waals surface area contributed by atoms with Gasteiger partial charge in [0.2, 0.25) is 0 Å². The summed E-state index contributed by atoms with van der Waals surface area (Å²) in [4.78, 5) is 0. The van der Waals surface area contributed by atoms with Crippen molar-refractivity contribution < 1.29 is 29.2 Å². The lowest BCUT2D eigenvalue weighted by atomic mass is 10.0. The first kappa shape index (κ1) is 17.9. The summed E-state index contributed by atoms with van der Waals surface area (Å²) in [5.41, 5.74) is 0.543. The van der Waals surface area contributed by atoms with Gasteiger partial charge < -0.3 is 29.2 Å². The Hall–Kier alpha value is -2.44. The first-order chi connectivity index (χ1) is 11.6. The topological polar surface area (TPSA) is 77.4 Å². The number of hydrogen-bond donors (Lipinski definition) is 2. The van der Waals surface area contributed by atoms with Crippen LogP contribution in [0.4, 0.5) is 0 Å². The van der Waals surface area contributed by atoms with Crippen molar-refractivity contribution in [3.8, 4) is 23.0 Å². The van der Waals surface area contributed by atoms with Crippen LogP contribution in [0.25, 0.3) is 0 Å². The van der Waals surface area contributed by atoms with Crippen molar-refractivity contribution in [3.63, 3.8) is 0 Å². The molecule has 2 rings (SSSR count). The Bertz CT molecular complexity index is 658. The van der Waals surface area contributed by atoms with Crippen LogP contribution in [0.15, 0.2) is 42.5 Å². The monoisotopic (exact) mass is 334 g/mol. The number of hydrogen-bond acceptors (Lipinski definition) is 6. The fraction of sp³-hybridized carbons (Fsp3) is 0.333. The fourth-order valence-corrected chi connectivity index (χ4v) is 2.33. The molecule has 0 spiro atoms. The molecule has 2 N–H and O–H groups in total. The highest BCUT2D eigenvalue weighted by molar-refractivity contribution is 5.44. The Morgan fingerprint density at radius 2 is 1.42 bits per heavy atom. The molecule has 2 atom stereocenters. The van der Waals surface area contributed by atoms with E-state index in [1.807, 2.05) is 6.07 Å². The minimum atomic E-state index is -1.06. The average Bonchev–Trinajstić information content (AvgIpc) is 2.65. The molecule has 0 unspecified atom stereocenters. The van der Waals surface area contributed by atoms with Crippen LogP contribution in [0.2, 0.25) is 0 Å². The number of aliphatic hydroxyl groups is 2. The molecule has 0 fully saturated rings. The van der Waals surface area contributed by atoms with Crippen LogP contribution < -0.4 is 18.9 Å². The molecule has 0 saturated heterocycles. The molecule has 2 aromatic rings. The van der Waals surface area contributed by atoms with Crippen molar-refractivity contribution in [1.82, 2.24) is 0 Å². The highest BCUT2D eigenvalue weighted by atomic mass is 16.5. The van der Waals surface area contributed by atoms with Crippen LogP contribution in [0, 0.1) is 0 Å². The van der Waals surface area contributed by atoms with E-state index in [9.17, 15) is 10.2 Å². The van der Waals surface area contributed by atoms with Gasteiger partial charge in [0, 0.05) is 0 Å². The van der Waals surface area contributed by atoms with Gasteiger partial charge in [0.1, 0.15) is 6.10 Å². The molecular weight excluding hydrogens is 312 g/mol. The molecule has 130 valence electrons. The van der Waals surface area contributed by atoms with E-state index in [0.717, 1.165) is 0 Å². The predicted molar refractivity (Wildman–Crippen MR) is 89.0 cm³/mol. The van der Waals surface area contributed by atoms with Crippen molar-refractivity contribution >= 4 is 0 Å². The van der Waals surface area contributed by atoms with Crippen LogP contribution in [-0.2, 0) is 0 Å². The molecule has 0 bridgehead atoms. The SMILES string of the molecule is COc1ccc([C@H](O)[C@@H](CO)Oc2ccccc2OC)cc1OC. The molecule has 0 aliphatic heterocycles. The lowest BCUT2D eigenvalue weighted by Gasteiger charge is -2.24. The summed E-state index contributed by atoms with van der Waals surface area (Å²) in [5.74, 6) is 2.01. The second-order valence-corrected chi connectivity index (χ2v) is 5.05. The molecule has 6 heteroatoms. The molecule has 0 heterocycles. The van der Waals surface area contributed by atoms with Gasteiger partial charge in [0.05, 0.1) is 27.9 Å². The molecule has 24 heavy (non-hydrogen) atoms. The van der Waals surface area contributed by atoms with E-state index in [4.69, 9.17) is 18.9 Å². The maximum absolute atomic E-state index is 10.6. The summed E-state index contributed by atoms with van der Waals surface area (Å²) in [6.07, 6.45) is -1.92. The van der Waals surface area contributed by atoms with Gasteiger partial charge in [-0.15, -0.1) is 0 Å². The summed E-state index contributed by atoms with van der Waals surface area (Å²) in [6.45, 7) is -0.368. The quantitative estimate of drug-likeness (QED) is 0.770. The molecule has 0 amide bonds. The molecular formula is C18H22O6. The number of para-hydroxylation sites is 2. The summed E-state index contributed by atoms with van der Waals surface area (Å²) in [6, 6.07) is 12.1. The smallest absolute Gasteiger partial charge is 0.161 e. The lowest BCUT2D eigenvalue weighted by Crippen LogP contribution is -2.29. The number of aliphatic hydroxyl groups excluding tert-OH is 2. The van der Waals surface area contributed by atoms with E-state index >= 15 is 0 Å². The molecule has 0 aliphatic carbocycles. The van der Waals surface area contributed by atoms with E-state index in [2.05, 4.69) is 0 Å². The van der Waals surface area contributed by atoms with Gasteiger partial charge in [0.25, 0.3) is 0 Å². The first-order valence-electron chi connectivity index (χ1n) is 7.45. The Morgan fingerprint density at radius 3 is 2.00 bits per heavy atom. The van der Waals surface area contributed by atoms with Gasteiger partial charge in [-0.1, -0.05) is 18.2 Å². The zero-order valence-electron chi connectivity index (χ0n) is 13.9. The van der Waals surface area contributed by atoms with Gasteiger partial charge in [-0.05, 0) is 29.8 Å². The Labute approximate surface area is 141 Å². The van der Waals surface area contributed by atoms with Gasteiger partial charge in [0.15, 0.2) is 29.1 Å². The second-order valence-electron chi connectivity index (χ2n) is 5.05. The standard InChI is InChI=1S/C18H22O6/c1-21-13-6-4-5-7-15(13)24-17(11-19)18(20)12-8-9-14(22-2)16(10-12)23-3/h4-10,17-20H,11H2,1-3H3/t17-,18+/m1/s1. The number of rotatable bonds is 8. The van der Waals surface area contributed by atoms with Crippen LogP contribution in [0.5, 0.6) is 23.0 Å². The van der Waals surface area contributed by atoms with Crippen molar-refractivity contribution in [2.24, 2.45) is 0 Å². The Morgan fingerprint density at radius 1 is 0.833 bits per heavy atom. The number of benzene rings is 2. The summed E-state index contributed by atoms with van der Waals surface area (Å²) < 4.78 is 21.4. The largest absolute Gasteiger partial charge is 0.493 e. The van der Waals surface area contributed by atoms with Crippen molar-refractivity contribution in [3.05, 3.63) is 48.0 Å². The number of methoxy groups -OCH3 is 3. The minimum Gasteiger partial charge on any atom is -0.493 e. The van der Waals surface area contributed by atoms with Gasteiger partial charge in [-0.2, -0.15) is 0 Å².